The van der Waals surface area contributed by atoms with Gasteiger partial charge in [0.15, 0.2) is 15.7 Å². The van der Waals surface area contributed by atoms with Crippen LogP contribution in [0.4, 0.5) is 0 Å². The van der Waals surface area contributed by atoms with E-state index in [4.69, 9.17) is 4.52 Å². The van der Waals surface area contributed by atoms with E-state index in [9.17, 15) is 8.42 Å². The molecule has 3 heterocycles. The first-order chi connectivity index (χ1) is 9.12. The van der Waals surface area contributed by atoms with Gasteiger partial charge in [-0.05, 0) is 38.1 Å². The van der Waals surface area contributed by atoms with Crippen LogP contribution in [0.5, 0.6) is 0 Å². The first-order valence-electron chi connectivity index (χ1n) is 6.89. The highest BCUT2D eigenvalue weighted by Gasteiger charge is 2.27. The van der Waals surface area contributed by atoms with Gasteiger partial charge in [-0.25, -0.2) is 8.42 Å². The Hall–Kier alpha value is -0.950. The molecule has 6 nitrogen and oxygen atoms in total. The van der Waals surface area contributed by atoms with E-state index in [0.717, 1.165) is 32.2 Å². The molecule has 106 valence electrons. The van der Waals surface area contributed by atoms with Crippen molar-refractivity contribution in [2.75, 3.05) is 18.1 Å². The van der Waals surface area contributed by atoms with Gasteiger partial charge in [0.25, 0.3) is 0 Å². The summed E-state index contributed by atoms with van der Waals surface area (Å²) in [5.74, 6) is 2.00. The highest BCUT2D eigenvalue weighted by atomic mass is 32.2. The molecular formula is C12H19N3O3S. The van der Waals surface area contributed by atoms with Gasteiger partial charge in [-0.1, -0.05) is 5.16 Å². The molecule has 1 N–H and O–H groups in total. The Kier molecular flexibility index (Phi) is 3.58. The van der Waals surface area contributed by atoms with E-state index >= 15 is 0 Å². The summed E-state index contributed by atoms with van der Waals surface area (Å²) in [6.07, 6.45) is 4.43. The molecule has 2 aliphatic rings. The average molecular weight is 285 g/mol. The fraction of sp³-hybridized carbons (Fsp3) is 0.833. The van der Waals surface area contributed by atoms with E-state index in [1.807, 2.05) is 0 Å². The molecule has 0 aliphatic carbocycles. The molecule has 2 unspecified atom stereocenters. The number of nitrogens with one attached hydrogen (secondary N) is 1. The predicted octanol–water partition coefficient (Wildman–Crippen LogP) is 0.861. The number of aromatic nitrogens is 2. The van der Waals surface area contributed by atoms with Crippen molar-refractivity contribution in [3.63, 3.8) is 0 Å². The highest BCUT2D eigenvalue weighted by Crippen LogP contribution is 2.24. The minimum atomic E-state index is -2.86. The second kappa shape index (κ2) is 5.20. The third-order valence-electron chi connectivity index (χ3n) is 3.88. The number of sulfone groups is 1. The molecule has 0 radical (unpaired) electrons. The van der Waals surface area contributed by atoms with Crippen molar-refractivity contribution in [3.05, 3.63) is 11.7 Å². The SMILES string of the molecule is O=S1(=O)CCCC(Cc2nc(C3CCCN3)no2)C1. The molecule has 0 aromatic carbocycles. The van der Waals surface area contributed by atoms with Crippen molar-refractivity contribution in [1.29, 1.82) is 0 Å². The van der Waals surface area contributed by atoms with Crippen LogP contribution < -0.4 is 5.32 Å². The first-order valence-corrected chi connectivity index (χ1v) is 8.71. The van der Waals surface area contributed by atoms with Crippen molar-refractivity contribution >= 4 is 9.84 Å². The molecule has 1 aromatic rings. The zero-order chi connectivity index (χ0) is 13.3. The molecule has 0 amide bonds. The maximum Gasteiger partial charge on any atom is 0.227 e. The molecule has 3 rings (SSSR count). The van der Waals surface area contributed by atoms with Crippen molar-refractivity contribution in [2.45, 2.75) is 38.1 Å². The van der Waals surface area contributed by atoms with Crippen LogP contribution in [0.15, 0.2) is 4.52 Å². The van der Waals surface area contributed by atoms with Gasteiger partial charge in [-0.3, -0.25) is 0 Å². The van der Waals surface area contributed by atoms with Crippen molar-refractivity contribution in [1.82, 2.24) is 15.5 Å². The van der Waals surface area contributed by atoms with Crippen LogP contribution in [0, 0.1) is 5.92 Å². The van der Waals surface area contributed by atoms with Gasteiger partial charge in [-0.15, -0.1) is 0 Å². The monoisotopic (exact) mass is 285 g/mol. The van der Waals surface area contributed by atoms with Gasteiger partial charge < -0.3 is 9.84 Å². The molecule has 2 saturated heterocycles. The summed E-state index contributed by atoms with van der Waals surface area (Å²) in [6, 6.07) is 0.201. The second-order valence-electron chi connectivity index (χ2n) is 5.52. The molecule has 2 aliphatic heterocycles. The summed E-state index contributed by atoms with van der Waals surface area (Å²) >= 11 is 0. The highest BCUT2D eigenvalue weighted by molar-refractivity contribution is 7.91. The summed E-state index contributed by atoms with van der Waals surface area (Å²) < 4.78 is 28.4. The Bertz CT molecular complexity index is 534. The number of hydrogen-bond donors (Lipinski definition) is 1. The molecule has 1 aromatic heterocycles. The standard InChI is InChI=1S/C12H19N3O3S/c16-19(17)6-2-3-9(8-19)7-11-14-12(15-18-11)10-4-1-5-13-10/h9-10,13H,1-8H2. The topological polar surface area (TPSA) is 85.1 Å². The summed E-state index contributed by atoms with van der Waals surface area (Å²) in [5, 5.41) is 7.32. The van der Waals surface area contributed by atoms with Crippen molar-refractivity contribution in [3.8, 4) is 0 Å². The van der Waals surface area contributed by atoms with Gasteiger partial charge in [0.1, 0.15) is 0 Å². The third-order valence-corrected chi connectivity index (χ3v) is 5.77. The van der Waals surface area contributed by atoms with E-state index in [1.54, 1.807) is 0 Å². The van der Waals surface area contributed by atoms with Gasteiger partial charge in [0.2, 0.25) is 5.89 Å². The summed E-state index contributed by atoms with van der Waals surface area (Å²) in [5.41, 5.74) is 0. The summed E-state index contributed by atoms with van der Waals surface area (Å²) in [7, 11) is -2.86. The van der Waals surface area contributed by atoms with Gasteiger partial charge in [0, 0.05) is 6.42 Å². The first kappa shape index (κ1) is 13.1. The fourth-order valence-corrected chi connectivity index (χ4v) is 4.70. The third kappa shape index (κ3) is 3.14. The zero-order valence-corrected chi connectivity index (χ0v) is 11.7. The second-order valence-corrected chi connectivity index (χ2v) is 7.75. The molecule has 2 fully saturated rings. The lowest BCUT2D eigenvalue weighted by Crippen LogP contribution is -2.26. The number of nitrogens with zero attached hydrogens (tertiary/aromatic N) is 2. The fourth-order valence-electron chi connectivity index (χ4n) is 2.92. The molecule has 7 heteroatoms. The van der Waals surface area contributed by atoms with Crippen LogP contribution in [0.3, 0.4) is 0 Å². The smallest absolute Gasteiger partial charge is 0.227 e. The molecule has 0 spiro atoms. The maximum atomic E-state index is 11.6. The normalized spacial score (nSPS) is 30.5. The Morgan fingerprint density at radius 2 is 2.21 bits per heavy atom. The van der Waals surface area contributed by atoms with Crippen LogP contribution in [-0.4, -0.2) is 36.6 Å². The lowest BCUT2D eigenvalue weighted by Gasteiger charge is -2.19. The van der Waals surface area contributed by atoms with Crippen LogP contribution in [0.2, 0.25) is 0 Å². The quantitative estimate of drug-likeness (QED) is 0.886. The molecule has 2 atom stereocenters. The Balaban J connectivity index is 1.63. The van der Waals surface area contributed by atoms with Crippen LogP contribution >= 0.6 is 0 Å². The number of rotatable bonds is 3. The number of hydrogen-bond acceptors (Lipinski definition) is 6. The Morgan fingerprint density at radius 1 is 1.32 bits per heavy atom. The largest absolute Gasteiger partial charge is 0.339 e. The molecule has 19 heavy (non-hydrogen) atoms. The van der Waals surface area contributed by atoms with Crippen molar-refractivity contribution in [2.24, 2.45) is 5.92 Å². The minimum Gasteiger partial charge on any atom is -0.339 e. The van der Waals surface area contributed by atoms with E-state index < -0.39 is 9.84 Å². The molecule has 0 saturated carbocycles. The lowest BCUT2D eigenvalue weighted by molar-refractivity contribution is 0.343. The van der Waals surface area contributed by atoms with Crippen LogP contribution in [0.25, 0.3) is 0 Å². The van der Waals surface area contributed by atoms with Gasteiger partial charge in [-0.2, -0.15) is 4.98 Å². The zero-order valence-electron chi connectivity index (χ0n) is 10.8. The predicted molar refractivity (Wildman–Crippen MR) is 69.4 cm³/mol. The molecule has 0 bridgehead atoms. The van der Waals surface area contributed by atoms with Crippen LogP contribution in [-0.2, 0) is 16.3 Å². The summed E-state index contributed by atoms with van der Waals surface area (Å²) in [4.78, 5) is 4.40. The lowest BCUT2D eigenvalue weighted by atomic mass is 10.0. The van der Waals surface area contributed by atoms with E-state index in [1.165, 1.54) is 0 Å². The molecular weight excluding hydrogens is 266 g/mol. The Labute approximate surface area is 112 Å². The van der Waals surface area contributed by atoms with Crippen LogP contribution in [0.1, 0.15) is 43.4 Å². The van der Waals surface area contributed by atoms with E-state index in [0.29, 0.717) is 23.9 Å². The average Bonchev–Trinajstić information content (AvgIpc) is 2.96. The van der Waals surface area contributed by atoms with Gasteiger partial charge >= 0.3 is 0 Å². The Morgan fingerprint density at radius 3 is 2.95 bits per heavy atom. The van der Waals surface area contributed by atoms with Gasteiger partial charge in [0.05, 0.1) is 17.5 Å². The maximum absolute atomic E-state index is 11.6. The van der Waals surface area contributed by atoms with Crippen molar-refractivity contribution < 1.29 is 12.9 Å². The van der Waals surface area contributed by atoms with E-state index in [2.05, 4.69) is 15.5 Å². The summed E-state index contributed by atoms with van der Waals surface area (Å²) in [6.45, 7) is 0.995. The minimum absolute atomic E-state index is 0.128. The van der Waals surface area contributed by atoms with E-state index in [-0.39, 0.29) is 17.7 Å².